The lowest BCUT2D eigenvalue weighted by Crippen LogP contribution is -2.50. The molecule has 2 heterocycles. The van der Waals surface area contributed by atoms with E-state index in [1.54, 1.807) is 18.9 Å². The van der Waals surface area contributed by atoms with Crippen LogP contribution in [0.2, 0.25) is 0 Å². The zero-order valence-corrected chi connectivity index (χ0v) is 13.2. The molecule has 7 nitrogen and oxygen atoms in total. The summed E-state index contributed by atoms with van der Waals surface area (Å²) < 4.78 is 10.4. The maximum atomic E-state index is 12.4. The van der Waals surface area contributed by atoms with E-state index in [0.717, 1.165) is 0 Å². The quantitative estimate of drug-likeness (QED) is 0.584. The Morgan fingerprint density at radius 1 is 1.36 bits per heavy atom. The number of methoxy groups -OCH3 is 1. The summed E-state index contributed by atoms with van der Waals surface area (Å²) in [5.74, 6) is -0.754. The number of nitrogens with one attached hydrogen (secondary N) is 1. The molecule has 2 rings (SSSR count). The van der Waals surface area contributed by atoms with Gasteiger partial charge >= 0.3 is 5.97 Å². The van der Waals surface area contributed by atoms with Crippen LogP contribution in [0.3, 0.4) is 0 Å². The van der Waals surface area contributed by atoms with Gasteiger partial charge in [-0.25, -0.2) is 4.79 Å². The van der Waals surface area contributed by atoms with Gasteiger partial charge in [-0.2, -0.15) is 0 Å². The molecule has 1 spiro atoms. The number of amides is 2. The normalized spacial score (nSPS) is 20.3. The molecular formula is C15H22N2O5. The molecule has 0 aliphatic carbocycles. The van der Waals surface area contributed by atoms with Crippen LogP contribution >= 0.6 is 0 Å². The molecule has 22 heavy (non-hydrogen) atoms. The molecule has 0 atom stereocenters. The fourth-order valence-electron chi connectivity index (χ4n) is 3.02. The van der Waals surface area contributed by atoms with Gasteiger partial charge in [0.05, 0.1) is 12.2 Å². The number of hydrogen-bond acceptors (Lipinski definition) is 5. The van der Waals surface area contributed by atoms with E-state index in [1.807, 2.05) is 0 Å². The molecule has 0 aromatic carbocycles. The van der Waals surface area contributed by atoms with Gasteiger partial charge < -0.3 is 19.7 Å². The van der Waals surface area contributed by atoms with Gasteiger partial charge in [-0.3, -0.25) is 9.59 Å². The fraction of sp³-hybridized carbons (Fsp3) is 0.667. The first-order valence-electron chi connectivity index (χ1n) is 7.38. The number of esters is 1. The predicted molar refractivity (Wildman–Crippen MR) is 77.9 cm³/mol. The Hall–Kier alpha value is -1.89. The number of hydrogen-bond donors (Lipinski definition) is 1. The lowest BCUT2D eigenvalue weighted by atomic mass is 9.82. The number of carbonyl (C=O) groups excluding carboxylic acids is 3. The molecule has 1 fully saturated rings. The van der Waals surface area contributed by atoms with Crippen molar-refractivity contribution in [2.24, 2.45) is 0 Å². The SMILES string of the molecule is COCCNC(=O)C1=C(C)C(=O)OC12CCN(C(C)=O)CC2. The topological polar surface area (TPSA) is 84.9 Å². The van der Waals surface area contributed by atoms with Gasteiger partial charge in [-0.1, -0.05) is 0 Å². The summed E-state index contributed by atoms with van der Waals surface area (Å²) in [6, 6.07) is 0. The zero-order chi connectivity index (χ0) is 16.3. The van der Waals surface area contributed by atoms with E-state index in [-0.39, 0.29) is 11.8 Å². The molecule has 0 aromatic heterocycles. The van der Waals surface area contributed by atoms with E-state index in [2.05, 4.69) is 5.32 Å². The first-order valence-corrected chi connectivity index (χ1v) is 7.38. The number of nitrogens with zero attached hydrogens (tertiary/aromatic N) is 1. The molecule has 1 saturated heterocycles. The van der Waals surface area contributed by atoms with Crippen LogP contribution in [0, 0.1) is 0 Å². The van der Waals surface area contributed by atoms with Crippen molar-refractivity contribution in [1.82, 2.24) is 10.2 Å². The third-order valence-electron chi connectivity index (χ3n) is 4.26. The van der Waals surface area contributed by atoms with E-state index in [9.17, 15) is 14.4 Å². The second kappa shape index (κ2) is 6.48. The second-order valence-corrected chi connectivity index (χ2v) is 5.64. The Bertz CT molecular complexity index is 518. The fourth-order valence-corrected chi connectivity index (χ4v) is 3.02. The molecular weight excluding hydrogens is 288 g/mol. The van der Waals surface area contributed by atoms with Crippen molar-refractivity contribution in [1.29, 1.82) is 0 Å². The smallest absolute Gasteiger partial charge is 0.335 e. The van der Waals surface area contributed by atoms with E-state index in [0.29, 0.717) is 50.2 Å². The van der Waals surface area contributed by atoms with Gasteiger partial charge in [0.1, 0.15) is 5.60 Å². The van der Waals surface area contributed by atoms with Crippen molar-refractivity contribution >= 4 is 17.8 Å². The molecule has 0 saturated carbocycles. The third-order valence-corrected chi connectivity index (χ3v) is 4.26. The van der Waals surface area contributed by atoms with Gasteiger partial charge in [0, 0.05) is 52.1 Å². The molecule has 0 unspecified atom stereocenters. The molecule has 7 heteroatoms. The van der Waals surface area contributed by atoms with Gasteiger partial charge in [-0.05, 0) is 6.92 Å². The average molecular weight is 310 g/mol. The Balaban J connectivity index is 2.16. The van der Waals surface area contributed by atoms with Gasteiger partial charge in [0.25, 0.3) is 5.91 Å². The van der Waals surface area contributed by atoms with Crippen molar-refractivity contribution < 1.29 is 23.9 Å². The first-order chi connectivity index (χ1) is 10.4. The molecule has 2 aliphatic heterocycles. The van der Waals surface area contributed by atoms with Crippen molar-refractivity contribution in [2.45, 2.75) is 32.3 Å². The standard InChI is InChI=1S/C15H22N2O5/c1-10-12(13(19)16-6-9-21-3)15(22-14(10)20)4-7-17(8-5-15)11(2)18/h4-9H2,1-3H3,(H,16,19). The van der Waals surface area contributed by atoms with E-state index in [4.69, 9.17) is 9.47 Å². The summed E-state index contributed by atoms with van der Waals surface area (Å²) in [6.45, 7) is 4.85. The Morgan fingerprint density at radius 3 is 2.55 bits per heavy atom. The molecule has 0 aromatic rings. The maximum Gasteiger partial charge on any atom is 0.335 e. The first kappa shape index (κ1) is 16.5. The van der Waals surface area contributed by atoms with Crippen LogP contribution in [0.1, 0.15) is 26.7 Å². The Kier molecular flexibility index (Phi) is 4.85. The number of rotatable bonds is 4. The molecule has 0 bridgehead atoms. The summed E-state index contributed by atoms with van der Waals surface area (Å²) >= 11 is 0. The third kappa shape index (κ3) is 2.99. The maximum absolute atomic E-state index is 12.4. The minimum atomic E-state index is -0.899. The van der Waals surface area contributed by atoms with E-state index in [1.165, 1.54) is 6.92 Å². The summed E-state index contributed by atoms with van der Waals surface area (Å²) in [6.07, 6.45) is 0.894. The zero-order valence-electron chi connectivity index (χ0n) is 13.2. The van der Waals surface area contributed by atoms with Crippen LogP contribution in [-0.4, -0.2) is 61.6 Å². The van der Waals surface area contributed by atoms with Crippen LogP contribution in [0.5, 0.6) is 0 Å². The molecule has 0 radical (unpaired) electrons. The highest BCUT2D eigenvalue weighted by molar-refractivity contribution is 6.07. The van der Waals surface area contributed by atoms with Gasteiger partial charge in [0.2, 0.25) is 5.91 Å². The molecule has 122 valence electrons. The lowest BCUT2D eigenvalue weighted by molar-refractivity contribution is -0.152. The van der Waals surface area contributed by atoms with Crippen LogP contribution < -0.4 is 5.32 Å². The molecule has 2 aliphatic rings. The largest absolute Gasteiger partial charge is 0.450 e. The monoisotopic (exact) mass is 310 g/mol. The Morgan fingerprint density at radius 2 is 2.00 bits per heavy atom. The average Bonchev–Trinajstić information content (AvgIpc) is 2.70. The van der Waals surface area contributed by atoms with Crippen molar-refractivity contribution in [3.05, 3.63) is 11.1 Å². The number of carbonyl (C=O) groups is 3. The lowest BCUT2D eigenvalue weighted by Gasteiger charge is -2.39. The minimum Gasteiger partial charge on any atom is -0.450 e. The molecule has 1 N–H and O–H groups in total. The highest BCUT2D eigenvalue weighted by Gasteiger charge is 2.50. The number of likely N-dealkylation sites (tertiary alicyclic amines) is 1. The molecule has 2 amide bonds. The summed E-state index contributed by atoms with van der Waals surface area (Å²) in [5.41, 5.74) is -0.146. The van der Waals surface area contributed by atoms with Crippen LogP contribution in [-0.2, 0) is 23.9 Å². The second-order valence-electron chi connectivity index (χ2n) is 5.64. The predicted octanol–water partition coefficient (Wildman–Crippen LogP) is 0.00340. The van der Waals surface area contributed by atoms with Crippen molar-refractivity contribution in [2.75, 3.05) is 33.4 Å². The van der Waals surface area contributed by atoms with Gasteiger partial charge in [0.15, 0.2) is 0 Å². The highest BCUT2D eigenvalue weighted by atomic mass is 16.6. The highest BCUT2D eigenvalue weighted by Crippen LogP contribution is 2.40. The van der Waals surface area contributed by atoms with Crippen LogP contribution in [0.15, 0.2) is 11.1 Å². The van der Waals surface area contributed by atoms with E-state index < -0.39 is 11.6 Å². The van der Waals surface area contributed by atoms with Gasteiger partial charge in [-0.15, -0.1) is 0 Å². The Labute approximate surface area is 129 Å². The minimum absolute atomic E-state index is 0.00836. The summed E-state index contributed by atoms with van der Waals surface area (Å²) in [4.78, 5) is 37.5. The van der Waals surface area contributed by atoms with Crippen LogP contribution in [0.4, 0.5) is 0 Å². The number of ether oxygens (including phenoxy) is 2. The van der Waals surface area contributed by atoms with Crippen molar-refractivity contribution in [3.63, 3.8) is 0 Å². The van der Waals surface area contributed by atoms with E-state index >= 15 is 0 Å². The summed E-state index contributed by atoms with van der Waals surface area (Å²) in [7, 11) is 1.55. The summed E-state index contributed by atoms with van der Waals surface area (Å²) in [5, 5.41) is 2.75. The van der Waals surface area contributed by atoms with Crippen molar-refractivity contribution in [3.8, 4) is 0 Å². The van der Waals surface area contributed by atoms with Crippen LogP contribution in [0.25, 0.3) is 0 Å². The number of piperidine rings is 1.